The van der Waals surface area contributed by atoms with Crippen molar-refractivity contribution in [3.8, 4) is 0 Å². The number of rotatable bonds is 2. The molecule has 1 unspecified atom stereocenters. The zero-order valence-electron chi connectivity index (χ0n) is 9.32. The van der Waals surface area contributed by atoms with E-state index < -0.39 is 0 Å². The van der Waals surface area contributed by atoms with Crippen molar-refractivity contribution in [1.29, 1.82) is 0 Å². The highest BCUT2D eigenvalue weighted by atomic mass is 35.5. The third kappa shape index (κ3) is 2.40. The second-order valence-corrected chi connectivity index (χ2v) is 5.59. The molecule has 90 valence electrons. The van der Waals surface area contributed by atoms with Crippen LogP contribution in [-0.2, 0) is 6.54 Å². The van der Waals surface area contributed by atoms with Crippen LogP contribution in [0.3, 0.4) is 0 Å². The van der Waals surface area contributed by atoms with Gasteiger partial charge in [-0.2, -0.15) is 0 Å². The maximum absolute atomic E-state index is 4.36. The first-order valence-electron chi connectivity index (χ1n) is 5.67. The van der Waals surface area contributed by atoms with Gasteiger partial charge in [0.25, 0.3) is 0 Å². The third-order valence-electron chi connectivity index (χ3n) is 3.72. The fourth-order valence-electron chi connectivity index (χ4n) is 2.85. The van der Waals surface area contributed by atoms with Crippen LogP contribution in [0, 0.1) is 5.41 Å². The van der Waals surface area contributed by atoms with Gasteiger partial charge >= 0.3 is 0 Å². The van der Waals surface area contributed by atoms with Crippen molar-refractivity contribution >= 4 is 23.7 Å². The van der Waals surface area contributed by atoms with Crippen LogP contribution in [0.2, 0.25) is 0 Å². The Bertz CT molecular complexity index is 322. The molecule has 0 saturated carbocycles. The summed E-state index contributed by atoms with van der Waals surface area (Å²) in [6.07, 6.45) is 2.73. The number of nitrogens with zero attached hydrogens (tertiary/aromatic N) is 2. The second kappa shape index (κ2) is 5.00. The number of likely N-dealkylation sites (tertiary alicyclic amines) is 1. The number of hydrogen-bond donors (Lipinski definition) is 1. The minimum Gasteiger partial charge on any atom is -0.316 e. The Morgan fingerprint density at radius 1 is 1.50 bits per heavy atom. The SMILES string of the molecule is Cl.c1nc(CN2CCC3(CCNC3)C2)cs1. The van der Waals surface area contributed by atoms with Crippen molar-refractivity contribution in [2.45, 2.75) is 19.4 Å². The highest BCUT2D eigenvalue weighted by molar-refractivity contribution is 7.07. The highest BCUT2D eigenvalue weighted by Gasteiger charge is 2.40. The normalized spacial score (nSPS) is 29.8. The van der Waals surface area contributed by atoms with Gasteiger partial charge in [-0.15, -0.1) is 23.7 Å². The number of hydrogen-bond acceptors (Lipinski definition) is 4. The van der Waals surface area contributed by atoms with Crippen molar-refractivity contribution in [2.75, 3.05) is 26.2 Å². The predicted octanol–water partition coefficient (Wildman–Crippen LogP) is 1.75. The number of nitrogens with one attached hydrogen (secondary N) is 1. The van der Waals surface area contributed by atoms with E-state index in [4.69, 9.17) is 0 Å². The van der Waals surface area contributed by atoms with E-state index >= 15 is 0 Å². The molecular formula is C11H18ClN3S. The molecule has 2 saturated heterocycles. The molecule has 2 fully saturated rings. The van der Waals surface area contributed by atoms with E-state index in [1.54, 1.807) is 11.3 Å². The number of halogens is 1. The summed E-state index contributed by atoms with van der Waals surface area (Å²) in [4.78, 5) is 6.91. The van der Waals surface area contributed by atoms with Crippen LogP contribution in [0.4, 0.5) is 0 Å². The third-order valence-corrected chi connectivity index (χ3v) is 4.35. The van der Waals surface area contributed by atoms with Crippen LogP contribution < -0.4 is 5.32 Å². The summed E-state index contributed by atoms with van der Waals surface area (Å²) in [5.41, 5.74) is 3.76. The first-order valence-corrected chi connectivity index (χ1v) is 6.61. The molecule has 2 aliphatic heterocycles. The standard InChI is InChI=1S/C11H17N3S.ClH/c1-3-12-7-11(1)2-4-14(8-11)5-10-6-15-9-13-10;/h6,9,12H,1-5,7-8H2;1H. The van der Waals surface area contributed by atoms with Crippen molar-refractivity contribution in [3.05, 3.63) is 16.6 Å². The van der Waals surface area contributed by atoms with E-state index in [0.29, 0.717) is 5.41 Å². The quantitative estimate of drug-likeness (QED) is 0.877. The van der Waals surface area contributed by atoms with Crippen LogP contribution in [0.25, 0.3) is 0 Å². The minimum absolute atomic E-state index is 0. The van der Waals surface area contributed by atoms with Crippen LogP contribution in [0.15, 0.2) is 10.9 Å². The lowest BCUT2D eigenvalue weighted by molar-refractivity contribution is 0.267. The minimum atomic E-state index is 0. The van der Waals surface area contributed by atoms with Gasteiger partial charge in [-0.25, -0.2) is 4.98 Å². The lowest BCUT2D eigenvalue weighted by Crippen LogP contribution is -2.28. The molecule has 3 nitrogen and oxygen atoms in total. The highest BCUT2D eigenvalue weighted by Crippen LogP contribution is 2.36. The van der Waals surface area contributed by atoms with Crippen LogP contribution >= 0.6 is 23.7 Å². The molecule has 0 aliphatic carbocycles. The van der Waals surface area contributed by atoms with Gasteiger partial charge in [-0.1, -0.05) is 0 Å². The molecule has 0 aromatic carbocycles. The van der Waals surface area contributed by atoms with E-state index in [1.807, 2.05) is 5.51 Å². The van der Waals surface area contributed by atoms with Gasteiger partial charge in [-0.3, -0.25) is 4.90 Å². The van der Waals surface area contributed by atoms with Crippen molar-refractivity contribution in [2.24, 2.45) is 5.41 Å². The number of aromatic nitrogens is 1. The van der Waals surface area contributed by atoms with E-state index in [-0.39, 0.29) is 12.4 Å². The Labute approximate surface area is 107 Å². The summed E-state index contributed by atoms with van der Waals surface area (Å²) in [5.74, 6) is 0. The summed E-state index contributed by atoms with van der Waals surface area (Å²) in [6, 6.07) is 0. The molecule has 0 bridgehead atoms. The molecule has 2 aliphatic rings. The molecule has 1 aromatic heterocycles. The maximum atomic E-state index is 4.36. The van der Waals surface area contributed by atoms with Gasteiger partial charge in [0.15, 0.2) is 0 Å². The molecule has 1 spiro atoms. The molecule has 1 N–H and O–H groups in total. The van der Waals surface area contributed by atoms with Gasteiger partial charge in [-0.05, 0) is 31.3 Å². The van der Waals surface area contributed by atoms with E-state index in [2.05, 4.69) is 20.6 Å². The summed E-state index contributed by atoms with van der Waals surface area (Å²) >= 11 is 1.70. The molecule has 0 amide bonds. The monoisotopic (exact) mass is 259 g/mol. The lowest BCUT2D eigenvalue weighted by atomic mass is 9.87. The van der Waals surface area contributed by atoms with Gasteiger partial charge in [0, 0.05) is 25.0 Å². The smallest absolute Gasteiger partial charge is 0.0795 e. The lowest BCUT2D eigenvalue weighted by Gasteiger charge is -2.22. The Hall–Kier alpha value is -0.160. The first-order chi connectivity index (χ1) is 7.36. The van der Waals surface area contributed by atoms with E-state index in [1.165, 1.54) is 44.7 Å². The maximum Gasteiger partial charge on any atom is 0.0795 e. The van der Waals surface area contributed by atoms with Crippen molar-refractivity contribution < 1.29 is 0 Å². The fraction of sp³-hybridized carbons (Fsp3) is 0.727. The van der Waals surface area contributed by atoms with Crippen LogP contribution in [0.5, 0.6) is 0 Å². The van der Waals surface area contributed by atoms with Crippen molar-refractivity contribution in [3.63, 3.8) is 0 Å². The Kier molecular flexibility index (Phi) is 3.85. The molecule has 1 aromatic rings. The predicted molar refractivity (Wildman–Crippen MR) is 69.2 cm³/mol. The van der Waals surface area contributed by atoms with E-state index in [0.717, 1.165) is 6.54 Å². The Morgan fingerprint density at radius 3 is 3.12 bits per heavy atom. The van der Waals surface area contributed by atoms with Gasteiger partial charge in [0.05, 0.1) is 11.2 Å². The Morgan fingerprint density at radius 2 is 2.44 bits per heavy atom. The fourth-order valence-corrected chi connectivity index (χ4v) is 3.40. The first kappa shape index (κ1) is 12.3. The van der Waals surface area contributed by atoms with Gasteiger partial charge in [0.1, 0.15) is 0 Å². The molecule has 3 rings (SSSR count). The molecule has 0 radical (unpaired) electrons. The molecule has 3 heterocycles. The zero-order valence-corrected chi connectivity index (χ0v) is 10.9. The second-order valence-electron chi connectivity index (χ2n) is 4.87. The average Bonchev–Trinajstić information content (AvgIpc) is 2.92. The largest absolute Gasteiger partial charge is 0.316 e. The zero-order chi connectivity index (χ0) is 10.1. The van der Waals surface area contributed by atoms with Crippen molar-refractivity contribution in [1.82, 2.24) is 15.2 Å². The molecule has 5 heteroatoms. The van der Waals surface area contributed by atoms with Gasteiger partial charge in [0.2, 0.25) is 0 Å². The summed E-state index contributed by atoms with van der Waals surface area (Å²) in [5, 5.41) is 5.66. The summed E-state index contributed by atoms with van der Waals surface area (Å²) < 4.78 is 0. The number of thiazole rings is 1. The van der Waals surface area contributed by atoms with Crippen LogP contribution in [0.1, 0.15) is 18.5 Å². The summed E-state index contributed by atoms with van der Waals surface area (Å²) in [6.45, 7) is 5.99. The Balaban J connectivity index is 0.000000963. The molecular weight excluding hydrogens is 242 g/mol. The van der Waals surface area contributed by atoms with Gasteiger partial charge < -0.3 is 5.32 Å². The van der Waals surface area contributed by atoms with E-state index in [9.17, 15) is 0 Å². The average molecular weight is 260 g/mol. The van der Waals surface area contributed by atoms with Crippen LogP contribution in [-0.4, -0.2) is 36.1 Å². The summed E-state index contributed by atoms with van der Waals surface area (Å²) in [7, 11) is 0. The molecule has 16 heavy (non-hydrogen) atoms. The topological polar surface area (TPSA) is 28.2 Å². The molecule has 1 atom stereocenters.